The molecular weight excluding hydrogens is 382 g/mol. The summed E-state index contributed by atoms with van der Waals surface area (Å²) in [5.74, 6) is -0.117. The van der Waals surface area contributed by atoms with Gasteiger partial charge in [-0.2, -0.15) is 9.94 Å². The van der Waals surface area contributed by atoms with Crippen LogP contribution in [0.5, 0.6) is 0 Å². The molecule has 0 aliphatic carbocycles. The number of carbonyl (C=O) groups is 1. The zero-order chi connectivity index (χ0) is 19.9. The van der Waals surface area contributed by atoms with E-state index in [0.717, 1.165) is 11.8 Å². The summed E-state index contributed by atoms with van der Waals surface area (Å²) < 4.78 is 1.45. The topological polar surface area (TPSA) is 150 Å². The summed E-state index contributed by atoms with van der Waals surface area (Å²) in [6, 6.07) is 11.7. The molecule has 0 spiro atoms. The summed E-state index contributed by atoms with van der Waals surface area (Å²) in [6.07, 6.45) is -0.100. The number of benzene rings is 1. The minimum atomic E-state index is -1.55. The van der Waals surface area contributed by atoms with Gasteiger partial charge in [0.05, 0.1) is 29.2 Å². The third-order valence-corrected chi connectivity index (χ3v) is 4.55. The Labute approximate surface area is 163 Å². The molecule has 0 unspecified atom stereocenters. The van der Waals surface area contributed by atoms with E-state index in [2.05, 4.69) is 25.8 Å². The zero-order valence-electron chi connectivity index (χ0n) is 14.4. The summed E-state index contributed by atoms with van der Waals surface area (Å²) in [5.41, 5.74) is 2.08. The number of thioether (sulfide) groups is 1. The Kier molecular flexibility index (Phi) is 6.28. The van der Waals surface area contributed by atoms with E-state index >= 15 is 0 Å². The van der Waals surface area contributed by atoms with Crippen molar-refractivity contribution in [2.75, 3.05) is 5.75 Å². The highest BCUT2D eigenvalue weighted by atomic mass is 32.2. The van der Waals surface area contributed by atoms with Gasteiger partial charge in [0.2, 0.25) is 11.1 Å². The Hall–Kier alpha value is -3.33. The molecule has 1 aromatic carbocycles. The molecule has 0 saturated heterocycles. The Morgan fingerprint density at radius 2 is 2.04 bits per heavy atom. The van der Waals surface area contributed by atoms with Gasteiger partial charge in [-0.15, -0.1) is 5.10 Å². The molecule has 0 saturated carbocycles. The molecule has 1 amide bonds. The van der Waals surface area contributed by atoms with E-state index < -0.39 is 6.29 Å². The highest BCUT2D eigenvalue weighted by molar-refractivity contribution is 7.99. The molecule has 0 radical (unpaired) electrons. The van der Waals surface area contributed by atoms with Gasteiger partial charge in [0, 0.05) is 11.8 Å². The van der Waals surface area contributed by atoms with E-state index in [1.165, 1.54) is 10.9 Å². The molecule has 0 fully saturated rings. The largest absolute Gasteiger partial charge is 0.364 e. The van der Waals surface area contributed by atoms with Crippen molar-refractivity contribution in [3.05, 3.63) is 59.4 Å². The zero-order valence-corrected chi connectivity index (χ0v) is 15.2. The first-order chi connectivity index (χ1) is 13.6. The minimum absolute atomic E-state index is 0.101. The molecule has 0 atom stereocenters. The van der Waals surface area contributed by atoms with Gasteiger partial charge in [-0.25, -0.2) is 0 Å². The number of amides is 1. The van der Waals surface area contributed by atoms with Crippen molar-refractivity contribution in [3.8, 4) is 11.8 Å². The molecular formula is C17H15N7O3S. The lowest BCUT2D eigenvalue weighted by Gasteiger charge is -2.07. The predicted molar refractivity (Wildman–Crippen MR) is 97.9 cm³/mol. The number of nitriles is 1. The van der Waals surface area contributed by atoms with Crippen LogP contribution in [0.2, 0.25) is 0 Å². The molecule has 3 N–H and O–H groups in total. The van der Waals surface area contributed by atoms with E-state index in [1.54, 1.807) is 36.4 Å². The normalized spacial score (nSPS) is 10.6. The number of tetrazole rings is 1. The lowest BCUT2D eigenvalue weighted by Crippen LogP contribution is -2.25. The molecule has 3 aromatic rings. The summed E-state index contributed by atoms with van der Waals surface area (Å²) in [5, 5.41) is 41.6. The van der Waals surface area contributed by atoms with Crippen molar-refractivity contribution in [3.63, 3.8) is 0 Å². The summed E-state index contributed by atoms with van der Waals surface area (Å²) in [6.45, 7) is 0.251. The molecule has 0 bridgehead atoms. The smallest absolute Gasteiger partial charge is 0.230 e. The van der Waals surface area contributed by atoms with Crippen molar-refractivity contribution in [1.82, 2.24) is 30.5 Å². The monoisotopic (exact) mass is 397 g/mol. The lowest BCUT2D eigenvalue weighted by atomic mass is 10.2. The Bertz CT molecular complexity index is 981. The Balaban J connectivity index is 1.55. The first-order valence-corrected chi connectivity index (χ1v) is 9.05. The molecule has 11 heteroatoms. The van der Waals surface area contributed by atoms with E-state index in [-0.39, 0.29) is 18.2 Å². The minimum Gasteiger partial charge on any atom is -0.364 e. The summed E-state index contributed by atoms with van der Waals surface area (Å²) >= 11 is 1.16. The predicted octanol–water partition coefficient (Wildman–Crippen LogP) is 0.321. The number of aliphatic hydroxyl groups excluding tert-OH is 1. The number of pyridine rings is 1. The number of rotatable bonds is 7. The number of carbonyl (C=O) groups excluding carboxylic acids is 1. The number of hydrogen-bond donors (Lipinski definition) is 3. The van der Waals surface area contributed by atoms with Crippen LogP contribution in [0.1, 0.15) is 23.1 Å². The van der Waals surface area contributed by atoms with E-state index in [4.69, 9.17) is 15.5 Å². The maximum absolute atomic E-state index is 12.1. The fourth-order valence-electron chi connectivity index (χ4n) is 2.18. The lowest BCUT2D eigenvalue weighted by molar-refractivity contribution is -0.118. The maximum Gasteiger partial charge on any atom is 0.230 e. The van der Waals surface area contributed by atoms with Crippen molar-refractivity contribution >= 4 is 17.7 Å². The second-order valence-electron chi connectivity index (χ2n) is 5.55. The van der Waals surface area contributed by atoms with Crippen molar-refractivity contribution in [1.29, 1.82) is 5.26 Å². The van der Waals surface area contributed by atoms with Gasteiger partial charge in [0.1, 0.15) is 6.07 Å². The Morgan fingerprint density at radius 3 is 2.68 bits per heavy atom. The van der Waals surface area contributed by atoms with E-state index in [9.17, 15) is 4.79 Å². The van der Waals surface area contributed by atoms with Crippen LogP contribution in [0.3, 0.4) is 0 Å². The number of aromatic nitrogens is 5. The van der Waals surface area contributed by atoms with Gasteiger partial charge >= 0.3 is 0 Å². The number of nitrogens with one attached hydrogen (secondary N) is 1. The molecule has 0 aliphatic rings. The Morgan fingerprint density at radius 1 is 1.25 bits per heavy atom. The number of aliphatic hydroxyl groups is 2. The van der Waals surface area contributed by atoms with Crippen molar-refractivity contribution in [2.45, 2.75) is 18.0 Å². The van der Waals surface area contributed by atoms with E-state index in [0.29, 0.717) is 27.7 Å². The van der Waals surface area contributed by atoms with Crippen LogP contribution in [0.25, 0.3) is 5.69 Å². The molecule has 142 valence electrons. The van der Waals surface area contributed by atoms with Crippen LogP contribution in [-0.4, -0.2) is 47.1 Å². The van der Waals surface area contributed by atoms with E-state index in [1.807, 2.05) is 6.07 Å². The van der Waals surface area contributed by atoms with Gasteiger partial charge in [-0.05, 0) is 34.7 Å². The molecule has 0 aliphatic heterocycles. The second-order valence-corrected chi connectivity index (χ2v) is 6.50. The molecule has 10 nitrogen and oxygen atoms in total. The second kappa shape index (κ2) is 9.05. The highest BCUT2D eigenvalue weighted by Gasteiger charge is 2.12. The van der Waals surface area contributed by atoms with Crippen LogP contribution < -0.4 is 5.32 Å². The fourth-order valence-corrected chi connectivity index (χ4v) is 2.90. The molecule has 2 heterocycles. The van der Waals surface area contributed by atoms with Crippen LogP contribution >= 0.6 is 11.8 Å². The molecule has 28 heavy (non-hydrogen) atoms. The average molecular weight is 397 g/mol. The van der Waals surface area contributed by atoms with Gasteiger partial charge < -0.3 is 15.5 Å². The molecule has 2 aromatic heterocycles. The van der Waals surface area contributed by atoms with Crippen LogP contribution in [0, 0.1) is 11.3 Å². The van der Waals surface area contributed by atoms with Gasteiger partial charge in [0.25, 0.3) is 0 Å². The first-order valence-electron chi connectivity index (χ1n) is 8.06. The number of nitrogens with zero attached hydrogens (tertiary/aromatic N) is 6. The van der Waals surface area contributed by atoms with Crippen molar-refractivity contribution in [2.24, 2.45) is 0 Å². The summed E-state index contributed by atoms with van der Waals surface area (Å²) in [4.78, 5) is 16.1. The van der Waals surface area contributed by atoms with Crippen molar-refractivity contribution < 1.29 is 15.0 Å². The third-order valence-electron chi connectivity index (χ3n) is 3.63. The SMILES string of the molecule is N#Cc1ccc(CNC(=O)CSc2nnnn2-c2ccc(C(O)O)cc2)nc1. The maximum atomic E-state index is 12.1. The molecule has 3 rings (SSSR count). The quantitative estimate of drug-likeness (QED) is 0.378. The number of hydrogen-bond acceptors (Lipinski definition) is 9. The average Bonchev–Trinajstić information content (AvgIpc) is 3.19. The first kappa shape index (κ1) is 19.4. The van der Waals surface area contributed by atoms with Gasteiger partial charge in [0.15, 0.2) is 6.29 Å². The third kappa shape index (κ3) is 4.89. The fraction of sp³-hybridized carbons (Fsp3) is 0.176. The van der Waals surface area contributed by atoms with Gasteiger partial charge in [-0.1, -0.05) is 23.9 Å². The van der Waals surface area contributed by atoms with Gasteiger partial charge in [-0.3, -0.25) is 9.78 Å². The summed E-state index contributed by atoms with van der Waals surface area (Å²) in [7, 11) is 0. The van der Waals surface area contributed by atoms with Crippen LogP contribution in [-0.2, 0) is 11.3 Å². The standard InChI is InChI=1S/C17H15N7O3S/c18-7-11-1-4-13(19-8-11)9-20-15(25)10-28-17-21-22-23-24(17)14-5-2-12(3-6-14)16(26)27/h1-6,8,16,26-27H,9-10H2,(H,20,25). The van der Waals surface area contributed by atoms with Crippen LogP contribution in [0.4, 0.5) is 0 Å². The highest BCUT2D eigenvalue weighted by Crippen LogP contribution is 2.19. The van der Waals surface area contributed by atoms with Crippen LogP contribution in [0.15, 0.2) is 47.8 Å².